The quantitative estimate of drug-likeness (QED) is 0.522. The minimum absolute atomic E-state index is 0.272. The summed E-state index contributed by atoms with van der Waals surface area (Å²) in [7, 11) is 0. The molecular formula is C14H18F3N3OS. The van der Waals surface area contributed by atoms with Crippen molar-refractivity contribution in [1.82, 2.24) is 4.90 Å². The molecule has 0 unspecified atom stereocenters. The van der Waals surface area contributed by atoms with Crippen LogP contribution in [-0.2, 0) is 6.18 Å². The van der Waals surface area contributed by atoms with E-state index < -0.39 is 11.7 Å². The zero-order valence-corrected chi connectivity index (χ0v) is 12.8. The number of nitrogens with two attached hydrogens (primary N) is 1. The molecule has 0 aliphatic carbocycles. The number of thioether (sulfide) groups is 1. The second-order valence-electron chi connectivity index (χ2n) is 4.71. The van der Waals surface area contributed by atoms with Crippen LogP contribution in [0.15, 0.2) is 29.3 Å². The Balaban J connectivity index is 1.76. The largest absolute Gasteiger partial charge is 0.492 e. The Morgan fingerprint density at radius 3 is 2.45 bits per heavy atom. The summed E-state index contributed by atoms with van der Waals surface area (Å²) in [4.78, 5) is 6.25. The van der Waals surface area contributed by atoms with Crippen molar-refractivity contribution in [3.05, 3.63) is 29.8 Å². The smallest absolute Gasteiger partial charge is 0.416 e. The van der Waals surface area contributed by atoms with Gasteiger partial charge in [0.05, 0.1) is 12.1 Å². The third-order valence-electron chi connectivity index (χ3n) is 3.15. The molecule has 1 aromatic rings. The Hall–Kier alpha value is -1.57. The number of hydrogen-bond donors (Lipinski definition) is 1. The van der Waals surface area contributed by atoms with Crippen LogP contribution in [0, 0.1) is 0 Å². The first-order valence-electron chi connectivity index (χ1n) is 6.89. The van der Waals surface area contributed by atoms with Crippen LogP contribution >= 0.6 is 11.8 Å². The van der Waals surface area contributed by atoms with E-state index in [1.807, 2.05) is 16.7 Å². The zero-order chi connectivity index (χ0) is 16.0. The lowest BCUT2D eigenvalue weighted by atomic mass is 10.2. The molecule has 8 heteroatoms. The van der Waals surface area contributed by atoms with Gasteiger partial charge in [0, 0.05) is 24.6 Å². The summed E-state index contributed by atoms with van der Waals surface area (Å²) in [6.45, 7) is 2.42. The Kier molecular flexibility index (Phi) is 5.82. The summed E-state index contributed by atoms with van der Waals surface area (Å²) in [5, 5.41) is 0. The topological polar surface area (TPSA) is 50.9 Å². The molecule has 1 saturated heterocycles. The first-order chi connectivity index (χ1) is 10.5. The Morgan fingerprint density at radius 1 is 1.23 bits per heavy atom. The van der Waals surface area contributed by atoms with E-state index in [0.29, 0.717) is 18.3 Å². The highest BCUT2D eigenvalue weighted by molar-refractivity contribution is 7.99. The summed E-state index contributed by atoms with van der Waals surface area (Å²) >= 11 is 1.89. The lowest BCUT2D eigenvalue weighted by Gasteiger charge is -2.27. The monoisotopic (exact) mass is 333 g/mol. The number of nitrogens with zero attached hydrogens (tertiary/aromatic N) is 2. The second-order valence-corrected chi connectivity index (χ2v) is 5.93. The van der Waals surface area contributed by atoms with Crippen molar-refractivity contribution < 1.29 is 17.9 Å². The number of alkyl halides is 3. The van der Waals surface area contributed by atoms with Crippen LogP contribution in [0.5, 0.6) is 5.75 Å². The SMILES string of the molecule is NC(=NCCOc1ccc(C(F)(F)F)cc1)N1CCSCC1. The molecule has 0 amide bonds. The maximum absolute atomic E-state index is 12.4. The van der Waals surface area contributed by atoms with Gasteiger partial charge >= 0.3 is 6.18 Å². The molecule has 22 heavy (non-hydrogen) atoms. The van der Waals surface area contributed by atoms with Crippen molar-refractivity contribution >= 4 is 17.7 Å². The molecular weight excluding hydrogens is 315 g/mol. The minimum Gasteiger partial charge on any atom is -0.492 e. The van der Waals surface area contributed by atoms with Gasteiger partial charge < -0.3 is 15.4 Å². The molecule has 0 saturated carbocycles. The molecule has 0 bridgehead atoms. The van der Waals surface area contributed by atoms with Crippen LogP contribution in [0.25, 0.3) is 0 Å². The fourth-order valence-corrected chi connectivity index (χ4v) is 2.86. The second kappa shape index (κ2) is 7.62. The molecule has 2 N–H and O–H groups in total. The highest BCUT2D eigenvalue weighted by atomic mass is 32.2. The van der Waals surface area contributed by atoms with E-state index in [9.17, 15) is 13.2 Å². The number of aliphatic imine (C=N–C) groups is 1. The van der Waals surface area contributed by atoms with E-state index in [1.54, 1.807) is 0 Å². The first kappa shape index (κ1) is 16.8. The Bertz CT molecular complexity index is 499. The molecule has 0 spiro atoms. The maximum Gasteiger partial charge on any atom is 0.416 e. The molecule has 0 radical (unpaired) electrons. The van der Waals surface area contributed by atoms with Crippen molar-refractivity contribution in [2.45, 2.75) is 6.18 Å². The highest BCUT2D eigenvalue weighted by Crippen LogP contribution is 2.30. The number of halogens is 3. The zero-order valence-electron chi connectivity index (χ0n) is 12.0. The van der Waals surface area contributed by atoms with E-state index in [2.05, 4.69) is 4.99 Å². The standard InChI is InChI=1S/C14H18F3N3OS/c15-14(16,17)11-1-3-12(4-2-11)21-8-5-19-13(18)20-6-9-22-10-7-20/h1-4H,5-10H2,(H2,18,19). The lowest BCUT2D eigenvalue weighted by molar-refractivity contribution is -0.137. The molecule has 122 valence electrons. The summed E-state index contributed by atoms with van der Waals surface area (Å²) < 4.78 is 42.6. The Labute approximate surface area is 131 Å². The van der Waals surface area contributed by atoms with E-state index in [4.69, 9.17) is 10.5 Å². The van der Waals surface area contributed by atoms with Gasteiger partial charge in [-0.15, -0.1) is 0 Å². The highest BCUT2D eigenvalue weighted by Gasteiger charge is 2.29. The fourth-order valence-electron chi connectivity index (χ4n) is 1.96. The molecule has 1 heterocycles. The van der Waals surface area contributed by atoms with E-state index in [-0.39, 0.29) is 6.61 Å². The van der Waals surface area contributed by atoms with E-state index in [0.717, 1.165) is 36.7 Å². The van der Waals surface area contributed by atoms with Gasteiger partial charge in [0.25, 0.3) is 0 Å². The molecule has 1 fully saturated rings. The van der Waals surface area contributed by atoms with E-state index >= 15 is 0 Å². The fraction of sp³-hybridized carbons (Fsp3) is 0.500. The number of guanidine groups is 1. The summed E-state index contributed by atoms with van der Waals surface area (Å²) in [5.74, 6) is 2.96. The molecule has 1 aromatic carbocycles. The Morgan fingerprint density at radius 2 is 1.86 bits per heavy atom. The first-order valence-corrected chi connectivity index (χ1v) is 8.05. The van der Waals surface area contributed by atoms with Crippen LogP contribution in [-0.4, -0.2) is 48.6 Å². The van der Waals surface area contributed by atoms with Gasteiger partial charge in [-0.2, -0.15) is 24.9 Å². The third kappa shape index (κ3) is 5.01. The molecule has 2 rings (SSSR count). The number of benzene rings is 1. The van der Waals surface area contributed by atoms with Crippen molar-refractivity contribution in [3.63, 3.8) is 0 Å². The summed E-state index contributed by atoms with van der Waals surface area (Å²) in [5.41, 5.74) is 5.19. The van der Waals surface area contributed by atoms with Gasteiger partial charge in [-0.3, -0.25) is 0 Å². The van der Waals surface area contributed by atoms with Crippen molar-refractivity contribution in [3.8, 4) is 5.75 Å². The van der Waals surface area contributed by atoms with E-state index in [1.165, 1.54) is 12.1 Å². The minimum atomic E-state index is -4.33. The van der Waals surface area contributed by atoms with Crippen molar-refractivity contribution in [2.24, 2.45) is 10.7 Å². The van der Waals surface area contributed by atoms with Gasteiger partial charge in [0.2, 0.25) is 0 Å². The van der Waals surface area contributed by atoms with Crippen LogP contribution in [0.3, 0.4) is 0 Å². The molecule has 4 nitrogen and oxygen atoms in total. The predicted molar refractivity (Wildman–Crippen MR) is 82.3 cm³/mol. The lowest BCUT2D eigenvalue weighted by Crippen LogP contribution is -2.42. The van der Waals surface area contributed by atoms with Gasteiger partial charge in [-0.1, -0.05) is 0 Å². The van der Waals surface area contributed by atoms with Crippen LogP contribution in [0.4, 0.5) is 13.2 Å². The van der Waals surface area contributed by atoms with Crippen molar-refractivity contribution in [2.75, 3.05) is 37.7 Å². The molecule has 0 atom stereocenters. The average Bonchev–Trinajstić information content (AvgIpc) is 2.52. The summed E-state index contributed by atoms with van der Waals surface area (Å²) in [6.07, 6.45) is -4.33. The van der Waals surface area contributed by atoms with Crippen LogP contribution in [0.2, 0.25) is 0 Å². The number of ether oxygens (including phenoxy) is 1. The average molecular weight is 333 g/mol. The van der Waals surface area contributed by atoms with Gasteiger partial charge in [-0.25, -0.2) is 4.99 Å². The van der Waals surface area contributed by atoms with Gasteiger partial charge in [0.15, 0.2) is 5.96 Å². The third-order valence-corrected chi connectivity index (χ3v) is 4.09. The molecule has 0 aromatic heterocycles. The summed E-state index contributed by atoms with van der Waals surface area (Å²) in [6, 6.07) is 4.60. The predicted octanol–water partition coefficient (Wildman–Crippen LogP) is 2.45. The van der Waals surface area contributed by atoms with Crippen LogP contribution < -0.4 is 10.5 Å². The number of rotatable bonds is 4. The molecule has 1 aliphatic rings. The van der Waals surface area contributed by atoms with Gasteiger partial charge in [-0.05, 0) is 24.3 Å². The molecule has 1 aliphatic heterocycles. The number of hydrogen-bond acceptors (Lipinski definition) is 3. The van der Waals surface area contributed by atoms with Crippen LogP contribution in [0.1, 0.15) is 5.56 Å². The normalized spacial score (nSPS) is 16.7. The van der Waals surface area contributed by atoms with Crippen molar-refractivity contribution in [1.29, 1.82) is 0 Å². The maximum atomic E-state index is 12.4. The van der Waals surface area contributed by atoms with Gasteiger partial charge in [0.1, 0.15) is 12.4 Å².